The fourth-order valence-electron chi connectivity index (χ4n) is 3.00. The van der Waals surface area contributed by atoms with Gasteiger partial charge in [0.05, 0.1) is 0 Å². The predicted molar refractivity (Wildman–Crippen MR) is 44.2 cm³/mol. The van der Waals surface area contributed by atoms with Crippen molar-refractivity contribution in [2.75, 3.05) is 0 Å². The molecule has 0 aliphatic heterocycles. The topological polar surface area (TPSA) is 0 Å². The summed E-state index contributed by atoms with van der Waals surface area (Å²) in [6.07, 6.45) is 2.87. The maximum atomic E-state index is 4.53. The second kappa shape index (κ2) is 1.20. The van der Waals surface area contributed by atoms with Gasteiger partial charge in [-0.25, -0.2) is 0 Å². The summed E-state index contributed by atoms with van der Waals surface area (Å²) in [6.45, 7) is 0. The average Bonchev–Trinajstić information content (AvgIpc) is 2.40. The lowest BCUT2D eigenvalue weighted by Gasteiger charge is -2.55. The van der Waals surface area contributed by atoms with E-state index in [1.165, 1.54) is 12.8 Å². The molecule has 3 aliphatic rings. The summed E-state index contributed by atoms with van der Waals surface area (Å²) in [5.41, 5.74) is 0.818. The minimum atomic E-state index is 0.700. The lowest BCUT2D eigenvalue weighted by Crippen LogP contribution is -2.55. The largest absolute Gasteiger partial charge is 0.176 e. The van der Waals surface area contributed by atoms with Gasteiger partial charge in [-0.05, 0) is 30.1 Å². The van der Waals surface area contributed by atoms with Crippen LogP contribution < -0.4 is 0 Å². The SMILES string of the molecule is SC1CC23CC2C(S)C13. The van der Waals surface area contributed by atoms with Crippen LogP contribution in [0.15, 0.2) is 0 Å². The van der Waals surface area contributed by atoms with Gasteiger partial charge in [0.15, 0.2) is 0 Å². The Labute approximate surface area is 66.2 Å². The molecule has 1 spiro atoms. The quantitative estimate of drug-likeness (QED) is 0.492. The number of hydrogen-bond donors (Lipinski definition) is 2. The van der Waals surface area contributed by atoms with Crippen molar-refractivity contribution in [2.45, 2.75) is 23.3 Å². The first-order chi connectivity index (χ1) is 4.26. The summed E-state index contributed by atoms with van der Waals surface area (Å²) >= 11 is 9.01. The maximum Gasteiger partial charge on any atom is 0.00948 e. The Balaban J connectivity index is 1.93. The maximum absolute atomic E-state index is 4.53. The number of thiol groups is 2. The zero-order valence-electron chi connectivity index (χ0n) is 5.12. The Kier molecular flexibility index (Phi) is 0.717. The van der Waals surface area contributed by atoms with Crippen LogP contribution in [0.4, 0.5) is 0 Å². The van der Waals surface area contributed by atoms with Crippen molar-refractivity contribution in [1.29, 1.82) is 0 Å². The summed E-state index contributed by atoms with van der Waals surface area (Å²) in [6, 6.07) is 0. The Morgan fingerprint density at radius 3 is 2.33 bits per heavy atom. The highest BCUT2D eigenvalue weighted by molar-refractivity contribution is 7.82. The second-order valence-corrected chi connectivity index (χ2v) is 5.09. The first-order valence-electron chi connectivity index (χ1n) is 3.62. The molecule has 0 amide bonds. The van der Waals surface area contributed by atoms with E-state index in [0.717, 1.165) is 22.5 Å². The van der Waals surface area contributed by atoms with E-state index in [1.807, 2.05) is 0 Å². The molecular weight excluding hydrogens is 148 g/mol. The van der Waals surface area contributed by atoms with Crippen molar-refractivity contribution in [2.24, 2.45) is 17.3 Å². The van der Waals surface area contributed by atoms with Crippen LogP contribution in [0, 0.1) is 17.3 Å². The van der Waals surface area contributed by atoms with Crippen LogP contribution in [0.25, 0.3) is 0 Å². The molecule has 5 unspecified atom stereocenters. The normalized spacial score (nSPS) is 75.3. The van der Waals surface area contributed by atoms with E-state index < -0.39 is 0 Å². The van der Waals surface area contributed by atoms with Crippen molar-refractivity contribution < 1.29 is 0 Å². The molecule has 3 fully saturated rings. The van der Waals surface area contributed by atoms with E-state index in [-0.39, 0.29) is 0 Å². The molecule has 50 valence electrons. The molecule has 0 nitrogen and oxygen atoms in total. The molecule has 3 aliphatic carbocycles. The third-order valence-electron chi connectivity index (χ3n) is 3.63. The lowest BCUT2D eigenvalue weighted by atomic mass is 9.58. The average molecular weight is 158 g/mol. The van der Waals surface area contributed by atoms with Gasteiger partial charge >= 0.3 is 0 Å². The van der Waals surface area contributed by atoms with Crippen molar-refractivity contribution in [3.63, 3.8) is 0 Å². The van der Waals surface area contributed by atoms with Gasteiger partial charge in [0.25, 0.3) is 0 Å². The van der Waals surface area contributed by atoms with Crippen LogP contribution in [0.5, 0.6) is 0 Å². The molecule has 3 rings (SSSR count). The van der Waals surface area contributed by atoms with E-state index >= 15 is 0 Å². The first-order valence-corrected chi connectivity index (χ1v) is 4.65. The number of rotatable bonds is 0. The standard InChI is InChI=1S/C7H10S2/c8-4-2-7-1-3(7)6(9)5(4)7/h3-6,8-9H,1-2H2. The second-order valence-electron chi connectivity index (χ2n) is 3.83. The molecule has 0 aromatic rings. The summed E-state index contributed by atoms with van der Waals surface area (Å²) in [5.74, 6) is 1.91. The Hall–Kier alpha value is 0.700. The minimum Gasteiger partial charge on any atom is -0.176 e. The van der Waals surface area contributed by atoms with Gasteiger partial charge in [0, 0.05) is 10.5 Å². The molecule has 9 heavy (non-hydrogen) atoms. The fraction of sp³-hybridized carbons (Fsp3) is 1.00. The van der Waals surface area contributed by atoms with Gasteiger partial charge in [-0.15, -0.1) is 0 Å². The van der Waals surface area contributed by atoms with Crippen LogP contribution in [-0.4, -0.2) is 10.5 Å². The van der Waals surface area contributed by atoms with Gasteiger partial charge < -0.3 is 0 Å². The van der Waals surface area contributed by atoms with Gasteiger partial charge in [0.2, 0.25) is 0 Å². The monoisotopic (exact) mass is 158 g/mol. The minimum absolute atomic E-state index is 0.700. The smallest absolute Gasteiger partial charge is 0.00948 e. The Morgan fingerprint density at radius 2 is 2.00 bits per heavy atom. The van der Waals surface area contributed by atoms with Crippen molar-refractivity contribution in [3.05, 3.63) is 0 Å². The molecule has 3 saturated carbocycles. The predicted octanol–water partition coefficient (Wildman–Crippen LogP) is 1.62. The third-order valence-corrected chi connectivity index (χ3v) is 4.81. The molecule has 0 aromatic heterocycles. The van der Waals surface area contributed by atoms with E-state index in [4.69, 9.17) is 0 Å². The van der Waals surface area contributed by atoms with Crippen LogP contribution in [0.3, 0.4) is 0 Å². The zero-order valence-corrected chi connectivity index (χ0v) is 6.91. The summed E-state index contributed by atoms with van der Waals surface area (Å²) in [5, 5.41) is 1.42. The van der Waals surface area contributed by atoms with Crippen LogP contribution in [-0.2, 0) is 0 Å². The van der Waals surface area contributed by atoms with Gasteiger partial charge in [-0.2, -0.15) is 25.3 Å². The highest BCUT2D eigenvalue weighted by Gasteiger charge is 2.79. The van der Waals surface area contributed by atoms with Gasteiger partial charge in [-0.1, -0.05) is 0 Å². The molecule has 0 radical (unpaired) electrons. The third kappa shape index (κ3) is 0.365. The molecular formula is C7H10S2. The van der Waals surface area contributed by atoms with Crippen LogP contribution >= 0.6 is 25.3 Å². The first kappa shape index (κ1) is 5.36. The van der Waals surface area contributed by atoms with Crippen molar-refractivity contribution >= 4 is 25.3 Å². The molecule has 0 saturated heterocycles. The van der Waals surface area contributed by atoms with Crippen molar-refractivity contribution in [3.8, 4) is 0 Å². The molecule has 0 N–H and O–H groups in total. The van der Waals surface area contributed by atoms with Crippen LogP contribution in [0.2, 0.25) is 0 Å². The highest BCUT2D eigenvalue weighted by atomic mass is 32.1. The number of hydrogen-bond acceptors (Lipinski definition) is 2. The van der Waals surface area contributed by atoms with E-state index in [1.54, 1.807) is 0 Å². The molecule has 0 heterocycles. The zero-order chi connectivity index (χ0) is 6.22. The molecule has 2 heteroatoms. The molecule has 0 bridgehead atoms. The van der Waals surface area contributed by atoms with Gasteiger partial charge in [-0.3, -0.25) is 0 Å². The molecule has 0 aromatic carbocycles. The summed E-state index contributed by atoms with van der Waals surface area (Å²) < 4.78 is 0. The van der Waals surface area contributed by atoms with Gasteiger partial charge in [0.1, 0.15) is 0 Å². The van der Waals surface area contributed by atoms with E-state index in [0.29, 0.717) is 5.25 Å². The lowest BCUT2D eigenvalue weighted by molar-refractivity contribution is 0.0556. The van der Waals surface area contributed by atoms with E-state index in [9.17, 15) is 0 Å². The summed E-state index contributed by atoms with van der Waals surface area (Å²) in [7, 11) is 0. The Morgan fingerprint density at radius 1 is 1.22 bits per heavy atom. The summed E-state index contributed by atoms with van der Waals surface area (Å²) in [4.78, 5) is 0. The fourth-order valence-corrected chi connectivity index (χ4v) is 4.87. The van der Waals surface area contributed by atoms with Crippen LogP contribution in [0.1, 0.15) is 12.8 Å². The van der Waals surface area contributed by atoms with Crippen molar-refractivity contribution in [1.82, 2.24) is 0 Å². The molecule has 5 atom stereocenters. The Bertz CT molecular complexity index is 180. The van der Waals surface area contributed by atoms with E-state index in [2.05, 4.69) is 25.3 Å². The highest BCUT2D eigenvalue weighted by Crippen LogP contribution is 2.82.